The van der Waals surface area contributed by atoms with Crippen LogP contribution in [-0.4, -0.2) is 46.6 Å². The summed E-state index contributed by atoms with van der Waals surface area (Å²) in [6.07, 6.45) is 7.65. The van der Waals surface area contributed by atoms with E-state index >= 15 is 0 Å². The summed E-state index contributed by atoms with van der Waals surface area (Å²) in [5, 5.41) is 16.4. The number of nitrogens with one attached hydrogen (secondary N) is 2. The van der Waals surface area contributed by atoms with Crippen molar-refractivity contribution in [1.29, 1.82) is 0 Å². The molecule has 0 fully saturated rings. The molecule has 25 heavy (non-hydrogen) atoms. The van der Waals surface area contributed by atoms with Crippen LogP contribution < -0.4 is 10.6 Å². The molecule has 0 saturated carbocycles. The van der Waals surface area contributed by atoms with Gasteiger partial charge in [0.25, 0.3) is 0 Å². The Morgan fingerprint density at radius 2 is 1.96 bits per heavy atom. The molecule has 2 N–H and O–H groups in total. The molecule has 1 aromatic heterocycles. The van der Waals surface area contributed by atoms with Crippen molar-refractivity contribution in [2.45, 2.75) is 71.5 Å². The van der Waals surface area contributed by atoms with Gasteiger partial charge in [0.2, 0.25) is 0 Å². The molecule has 0 aliphatic rings. The summed E-state index contributed by atoms with van der Waals surface area (Å²) in [7, 11) is 0. The van der Waals surface area contributed by atoms with Crippen molar-refractivity contribution in [2.24, 2.45) is 10.9 Å². The Hall–Kier alpha value is -1.24. The highest BCUT2D eigenvalue weighted by atomic mass is 32.2. The molecule has 7 heteroatoms. The Morgan fingerprint density at radius 1 is 1.16 bits per heavy atom. The van der Waals surface area contributed by atoms with E-state index in [1.165, 1.54) is 19.3 Å². The summed E-state index contributed by atoms with van der Waals surface area (Å²) >= 11 is 1.66. The van der Waals surface area contributed by atoms with Crippen LogP contribution in [0.2, 0.25) is 0 Å². The van der Waals surface area contributed by atoms with Gasteiger partial charge in [0, 0.05) is 32.6 Å². The number of aryl methyl sites for hydroxylation is 1. The molecular formula is C18H36N6S. The maximum Gasteiger partial charge on any atom is 0.191 e. The van der Waals surface area contributed by atoms with Crippen LogP contribution in [-0.2, 0) is 13.0 Å². The second kappa shape index (κ2) is 13.0. The van der Waals surface area contributed by atoms with Crippen molar-refractivity contribution in [3.63, 3.8) is 0 Å². The number of aliphatic imine (C=N–C) groups is 1. The van der Waals surface area contributed by atoms with Crippen molar-refractivity contribution < 1.29 is 0 Å². The van der Waals surface area contributed by atoms with Gasteiger partial charge in [0.1, 0.15) is 5.82 Å². The number of nitrogens with zero attached hydrogens (tertiary/aromatic N) is 4. The predicted molar refractivity (Wildman–Crippen MR) is 108 cm³/mol. The van der Waals surface area contributed by atoms with E-state index in [2.05, 4.69) is 64.3 Å². The topological polar surface area (TPSA) is 67.1 Å². The normalized spacial score (nSPS) is 12.0. The lowest BCUT2D eigenvalue weighted by molar-refractivity contribution is 0.477. The monoisotopic (exact) mass is 368 g/mol. The molecule has 1 heterocycles. The Bertz CT molecular complexity index is 498. The smallest absolute Gasteiger partial charge is 0.191 e. The number of thioether (sulfide) groups is 1. The highest BCUT2D eigenvalue weighted by molar-refractivity contribution is 7.98. The van der Waals surface area contributed by atoms with Gasteiger partial charge < -0.3 is 15.2 Å². The minimum absolute atomic E-state index is 0.589. The quantitative estimate of drug-likeness (QED) is 0.256. The van der Waals surface area contributed by atoms with E-state index in [0.29, 0.717) is 5.92 Å². The largest absolute Gasteiger partial charge is 0.357 e. The standard InChI is InChI=1S/C18H36N6S/c1-6-8-9-12-20-17(19-7-2)21-13-10-11-16-22-23-18(25-5)24(16)14-15(3)4/h15H,6-14H2,1-5H3,(H2,19,20,21). The van der Waals surface area contributed by atoms with E-state index in [1.807, 2.05) is 0 Å². The van der Waals surface area contributed by atoms with Gasteiger partial charge in [-0.05, 0) is 31.9 Å². The van der Waals surface area contributed by atoms with Gasteiger partial charge in [-0.15, -0.1) is 10.2 Å². The van der Waals surface area contributed by atoms with E-state index in [4.69, 9.17) is 0 Å². The van der Waals surface area contributed by atoms with Crippen LogP contribution in [0.4, 0.5) is 0 Å². The first-order valence-corrected chi connectivity index (χ1v) is 10.8. The van der Waals surface area contributed by atoms with Crippen LogP contribution in [0.1, 0.15) is 59.2 Å². The van der Waals surface area contributed by atoms with Gasteiger partial charge in [0.05, 0.1) is 0 Å². The average molecular weight is 369 g/mol. The van der Waals surface area contributed by atoms with Crippen molar-refractivity contribution >= 4 is 17.7 Å². The van der Waals surface area contributed by atoms with Crippen LogP contribution in [0.15, 0.2) is 10.1 Å². The fraction of sp³-hybridized carbons (Fsp3) is 0.833. The molecular weight excluding hydrogens is 332 g/mol. The van der Waals surface area contributed by atoms with E-state index in [0.717, 1.165) is 56.0 Å². The predicted octanol–water partition coefficient (Wildman–Crippen LogP) is 3.33. The molecule has 0 spiro atoms. The SMILES string of the molecule is CCCCCNC(=NCCCc1nnc(SC)n1CC(C)C)NCC. The molecule has 0 unspecified atom stereocenters. The van der Waals surface area contributed by atoms with Crippen molar-refractivity contribution in [3.05, 3.63) is 5.82 Å². The van der Waals surface area contributed by atoms with E-state index in [1.54, 1.807) is 11.8 Å². The Balaban J connectivity index is 2.49. The fourth-order valence-corrected chi connectivity index (χ4v) is 3.08. The van der Waals surface area contributed by atoms with Crippen LogP contribution >= 0.6 is 11.8 Å². The van der Waals surface area contributed by atoms with E-state index in [9.17, 15) is 0 Å². The van der Waals surface area contributed by atoms with Gasteiger partial charge >= 0.3 is 0 Å². The minimum atomic E-state index is 0.589. The van der Waals surface area contributed by atoms with Crippen LogP contribution in [0, 0.1) is 5.92 Å². The van der Waals surface area contributed by atoms with E-state index < -0.39 is 0 Å². The van der Waals surface area contributed by atoms with Gasteiger partial charge in [0.15, 0.2) is 11.1 Å². The van der Waals surface area contributed by atoms with Crippen LogP contribution in [0.5, 0.6) is 0 Å². The zero-order chi connectivity index (χ0) is 18.5. The molecule has 0 aromatic carbocycles. The number of rotatable bonds is 12. The van der Waals surface area contributed by atoms with Crippen molar-refractivity contribution in [1.82, 2.24) is 25.4 Å². The molecule has 0 aliphatic heterocycles. The van der Waals surface area contributed by atoms with E-state index in [-0.39, 0.29) is 0 Å². The fourth-order valence-electron chi connectivity index (χ4n) is 2.56. The lowest BCUT2D eigenvalue weighted by Crippen LogP contribution is -2.37. The number of hydrogen-bond acceptors (Lipinski definition) is 4. The number of aromatic nitrogens is 3. The highest BCUT2D eigenvalue weighted by Gasteiger charge is 2.12. The lowest BCUT2D eigenvalue weighted by atomic mass is 10.2. The van der Waals surface area contributed by atoms with Gasteiger partial charge in [-0.1, -0.05) is 45.4 Å². The molecule has 144 valence electrons. The maximum atomic E-state index is 4.68. The summed E-state index contributed by atoms with van der Waals surface area (Å²) < 4.78 is 2.26. The maximum absolute atomic E-state index is 4.68. The number of guanidine groups is 1. The van der Waals surface area contributed by atoms with Crippen LogP contribution in [0.25, 0.3) is 0 Å². The Kier molecular flexibility index (Phi) is 11.4. The molecule has 1 aromatic rings. The average Bonchev–Trinajstić information content (AvgIpc) is 2.96. The molecule has 0 atom stereocenters. The van der Waals surface area contributed by atoms with Crippen molar-refractivity contribution in [2.75, 3.05) is 25.9 Å². The summed E-state index contributed by atoms with van der Waals surface area (Å²) in [5.74, 6) is 2.59. The molecule has 0 bridgehead atoms. The third-order valence-electron chi connectivity index (χ3n) is 3.77. The summed E-state index contributed by atoms with van der Waals surface area (Å²) in [6.45, 7) is 12.4. The van der Waals surface area contributed by atoms with Gasteiger partial charge in [-0.25, -0.2) is 0 Å². The first-order valence-electron chi connectivity index (χ1n) is 9.60. The number of unbranched alkanes of at least 4 members (excludes halogenated alkanes) is 2. The minimum Gasteiger partial charge on any atom is -0.357 e. The second-order valence-electron chi connectivity index (χ2n) is 6.61. The molecule has 1 rings (SSSR count). The molecule has 0 aliphatic carbocycles. The second-order valence-corrected chi connectivity index (χ2v) is 7.38. The van der Waals surface area contributed by atoms with Crippen molar-refractivity contribution in [3.8, 4) is 0 Å². The molecule has 0 radical (unpaired) electrons. The third kappa shape index (κ3) is 8.61. The number of hydrogen-bond donors (Lipinski definition) is 2. The van der Waals surface area contributed by atoms with Gasteiger partial charge in [-0.2, -0.15) is 0 Å². The summed E-state index contributed by atoms with van der Waals surface area (Å²) in [4.78, 5) is 4.68. The zero-order valence-electron chi connectivity index (χ0n) is 16.6. The molecule has 0 amide bonds. The van der Waals surface area contributed by atoms with Gasteiger partial charge in [-0.3, -0.25) is 4.99 Å². The summed E-state index contributed by atoms with van der Waals surface area (Å²) in [5.41, 5.74) is 0. The Morgan fingerprint density at radius 3 is 2.60 bits per heavy atom. The lowest BCUT2D eigenvalue weighted by Gasteiger charge is -2.12. The zero-order valence-corrected chi connectivity index (χ0v) is 17.5. The first-order chi connectivity index (χ1) is 12.1. The molecule has 6 nitrogen and oxygen atoms in total. The van der Waals surface area contributed by atoms with Crippen LogP contribution in [0.3, 0.4) is 0 Å². The third-order valence-corrected chi connectivity index (χ3v) is 4.44. The highest BCUT2D eigenvalue weighted by Crippen LogP contribution is 2.16. The first kappa shape index (κ1) is 21.8. The Labute approximate surface area is 157 Å². The summed E-state index contributed by atoms with van der Waals surface area (Å²) in [6, 6.07) is 0. The molecule has 0 saturated heterocycles.